The van der Waals surface area contributed by atoms with E-state index < -0.39 is 0 Å². The van der Waals surface area contributed by atoms with Crippen molar-refractivity contribution in [3.63, 3.8) is 0 Å². The Hall–Kier alpha value is -1.34. The Morgan fingerprint density at radius 3 is 2.73 bits per heavy atom. The zero-order chi connectivity index (χ0) is 10.5. The smallest absolute Gasteiger partial charge is 0.0640 e. The molecular weight excluding hydrogens is 184 g/mol. The molecule has 15 heavy (non-hydrogen) atoms. The fourth-order valence-corrected chi connectivity index (χ4v) is 1.82. The molecule has 1 aromatic rings. The summed E-state index contributed by atoms with van der Waals surface area (Å²) in [6.07, 6.45) is 10.0. The van der Waals surface area contributed by atoms with Crippen LogP contribution in [0.5, 0.6) is 0 Å². The van der Waals surface area contributed by atoms with Gasteiger partial charge < -0.3 is 5.11 Å². The number of aliphatic hydroxyl groups excluding tert-OH is 1. The van der Waals surface area contributed by atoms with E-state index in [1.807, 2.05) is 18.2 Å². The van der Waals surface area contributed by atoms with E-state index >= 15 is 0 Å². The van der Waals surface area contributed by atoms with Crippen LogP contribution in [0.25, 0.3) is 6.08 Å². The minimum atomic E-state index is -0.213. The lowest BCUT2D eigenvalue weighted by Gasteiger charge is -2.19. The van der Waals surface area contributed by atoms with Crippen LogP contribution < -0.4 is 0 Å². The highest BCUT2D eigenvalue weighted by atomic mass is 16.3. The first-order chi connectivity index (χ1) is 7.36. The summed E-state index contributed by atoms with van der Waals surface area (Å²) >= 11 is 0. The Balaban J connectivity index is 2.05. The predicted molar refractivity (Wildman–Crippen MR) is 63.3 cm³/mol. The summed E-state index contributed by atoms with van der Waals surface area (Å²) in [4.78, 5) is 0. The maximum Gasteiger partial charge on any atom is 0.0640 e. The van der Waals surface area contributed by atoms with Crippen LogP contribution in [-0.2, 0) is 0 Å². The fraction of sp³-hybridized carbons (Fsp3) is 0.286. The summed E-state index contributed by atoms with van der Waals surface area (Å²) in [6.45, 7) is 0. The first-order valence-electron chi connectivity index (χ1n) is 5.44. The van der Waals surface area contributed by atoms with Crippen LogP contribution in [-0.4, -0.2) is 11.2 Å². The molecule has 78 valence electrons. The molecule has 0 fully saturated rings. The predicted octanol–water partition coefficient (Wildman–Crippen LogP) is 3.03. The molecule has 0 aliphatic heterocycles. The van der Waals surface area contributed by atoms with E-state index in [1.165, 1.54) is 5.56 Å². The van der Waals surface area contributed by atoms with Gasteiger partial charge in [0.2, 0.25) is 0 Å². The second-order valence-corrected chi connectivity index (χ2v) is 3.92. The SMILES string of the molecule is OC1CCC=CC1/C=C/c1ccccc1. The Kier molecular flexibility index (Phi) is 3.36. The molecule has 0 heterocycles. The highest BCUT2D eigenvalue weighted by Crippen LogP contribution is 2.20. The maximum absolute atomic E-state index is 9.74. The van der Waals surface area contributed by atoms with Gasteiger partial charge in [0, 0.05) is 5.92 Å². The summed E-state index contributed by atoms with van der Waals surface area (Å²) < 4.78 is 0. The molecule has 2 atom stereocenters. The van der Waals surface area contributed by atoms with Gasteiger partial charge >= 0.3 is 0 Å². The average Bonchev–Trinajstić information content (AvgIpc) is 2.29. The molecule has 1 N–H and O–H groups in total. The van der Waals surface area contributed by atoms with Crippen molar-refractivity contribution in [2.24, 2.45) is 5.92 Å². The molecule has 0 bridgehead atoms. The van der Waals surface area contributed by atoms with E-state index in [-0.39, 0.29) is 12.0 Å². The number of benzene rings is 1. The normalized spacial score (nSPS) is 25.9. The topological polar surface area (TPSA) is 20.2 Å². The highest BCUT2D eigenvalue weighted by Gasteiger charge is 2.15. The number of aliphatic hydroxyl groups is 1. The van der Waals surface area contributed by atoms with Gasteiger partial charge in [-0.15, -0.1) is 0 Å². The standard InChI is InChI=1S/C14H16O/c15-14-9-5-4-8-13(14)11-10-12-6-2-1-3-7-12/h1-4,6-8,10-11,13-15H,5,9H2/b11-10+. The Morgan fingerprint density at radius 1 is 1.20 bits per heavy atom. The molecule has 1 aliphatic rings. The number of rotatable bonds is 2. The van der Waals surface area contributed by atoms with Crippen LogP contribution in [0.1, 0.15) is 18.4 Å². The third kappa shape index (κ3) is 2.80. The summed E-state index contributed by atoms with van der Waals surface area (Å²) in [5, 5.41) is 9.74. The van der Waals surface area contributed by atoms with Crippen LogP contribution in [0.2, 0.25) is 0 Å². The van der Waals surface area contributed by atoms with Crippen LogP contribution >= 0.6 is 0 Å². The number of hydrogen-bond donors (Lipinski definition) is 1. The Morgan fingerprint density at radius 2 is 2.00 bits per heavy atom. The first-order valence-corrected chi connectivity index (χ1v) is 5.44. The Labute approximate surface area is 90.8 Å². The van der Waals surface area contributed by atoms with Gasteiger partial charge in [-0.25, -0.2) is 0 Å². The molecule has 1 aromatic carbocycles. The lowest BCUT2D eigenvalue weighted by Crippen LogP contribution is -2.18. The van der Waals surface area contributed by atoms with Crippen LogP contribution in [0.3, 0.4) is 0 Å². The van der Waals surface area contributed by atoms with Crippen molar-refractivity contribution in [2.75, 3.05) is 0 Å². The van der Waals surface area contributed by atoms with Crippen molar-refractivity contribution >= 4 is 6.08 Å². The average molecular weight is 200 g/mol. The molecule has 0 saturated heterocycles. The van der Waals surface area contributed by atoms with Gasteiger partial charge in [-0.05, 0) is 18.4 Å². The zero-order valence-corrected chi connectivity index (χ0v) is 8.71. The third-order valence-corrected chi connectivity index (χ3v) is 2.74. The Bertz CT molecular complexity index is 351. The van der Waals surface area contributed by atoms with Crippen molar-refractivity contribution in [3.8, 4) is 0 Å². The van der Waals surface area contributed by atoms with Crippen molar-refractivity contribution in [1.82, 2.24) is 0 Å². The van der Waals surface area contributed by atoms with E-state index in [9.17, 15) is 5.11 Å². The maximum atomic E-state index is 9.74. The lowest BCUT2D eigenvalue weighted by molar-refractivity contribution is 0.135. The minimum absolute atomic E-state index is 0.180. The monoisotopic (exact) mass is 200 g/mol. The molecule has 1 aliphatic carbocycles. The summed E-state index contributed by atoms with van der Waals surface area (Å²) in [5.74, 6) is 0.180. The third-order valence-electron chi connectivity index (χ3n) is 2.74. The molecule has 1 nitrogen and oxygen atoms in total. The molecule has 0 spiro atoms. The van der Waals surface area contributed by atoms with Gasteiger partial charge in [0.1, 0.15) is 0 Å². The number of allylic oxidation sites excluding steroid dienone is 1. The molecule has 0 saturated carbocycles. The quantitative estimate of drug-likeness (QED) is 0.727. The highest BCUT2D eigenvalue weighted by molar-refractivity contribution is 5.49. The van der Waals surface area contributed by atoms with Gasteiger partial charge in [0.05, 0.1) is 6.10 Å². The second kappa shape index (κ2) is 4.94. The van der Waals surface area contributed by atoms with E-state index in [0.717, 1.165) is 12.8 Å². The van der Waals surface area contributed by atoms with Crippen molar-refractivity contribution < 1.29 is 5.11 Å². The van der Waals surface area contributed by atoms with Crippen LogP contribution in [0.15, 0.2) is 48.6 Å². The van der Waals surface area contributed by atoms with E-state index in [4.69, 9.17) is 0 Å². The fourth-order valence-electron chi connectivity index (χ4n) is 1.82. The lowest BCUT2D eigenvalue weighted by atomic mass is 9.92. The second-order valence-electron chi connectivity index (χ2n) is 3.92. The summed E-state index contributed by atoms with van der Waals surface area (Å²) in [7, 11) is 0. The van der Waals surface area contributed by atoms with Gasteiger partial charge in [-0.2, -0.15) is 0 Å². The zero-order valence-electron chi connectivity index (χ0n) is 8.71. The summed E-state index contributed by atoms with van der Waals surface area (Å²) in [5.41, 5.74) is 1.18. The van der Waals surface area contributed by atoms with E-state index in [2.05, 4.69) is 36.4 Å². The summed E-state index contributed by atoms with van der Waals surface area (Å²) in [6, 6.07) is 10.2. The van der Waals surface area contributed by atoms with Gasteiger partial charge in [-0.3, -0.25) is 0 Å². The largest absolute Gasteiger partial charge is 0.392 e. The molecule has 2 unspecified atom stereocenters. The van der Waals surface area contributed by atoms with E-state index in [1.54, 1.807) is 0 Å². The molecule has 0 radical (unpaired) electrons. The molecule has 0 amide bonds. The first kappa shape index (κ1) is 10.2. The molecule has 0 aromatic heterocycles. The van der Waals surface area contributed by atoms with Gasteiger partial charge in [0.25, 0.3) is 0 Å². The van der Waals surface area contributed by atoms with E-state index in [0.29, 0.717) is 0 Å². The minimum Gasteiger partial charge on any atom is -0.392 e. The van der Waals surface area contributed by atoms with Crippen LogP contribution in [0.4, 0.5) is 0 Å². The molecule has 2 rings (SSSR count). The van der Waals surface area contributed by atoms with Crippen molar-refractivity contribution in [2.45, 2.75) is 18.9 Å². The van der Waals surface area contributed by atoms with Crippen molar-refractivity contribution in [3.05, 3.63) is 54.1 Å². The molecular formula is C14H16O. The number of hydrogen-bond acceptors (Lipinski definition) is 1. The molecule has 1 heteroatoms. The van der Waals surface area contributed by atoms with Crippen LogP contribution in [0, 0.1) is 5.92 Å². The van der Waals surface area contributed by atoms with Crippen molar-refractivity contribution in [1.29, 1.82) is 0 Å². The van der Waals surface area contributed by atoms with Gasteiger partial charge in [-0.1, -0.05) is 54.6 Å². The van der Waals surface area contributed by atoms with Gasteiger partial charge in [0.15, 0.2) is 0 Å².